The minimum Gasteiger partial charge on any atom is -0.445 e. The molecule has 7 rings (SSSR count). The third kappa shape index (κ3) is 8.02. The van der Waals surface area contributed by atoms with Gasteiger partial charge in [-0.2, -0.15) is 6.07 Å². The number of anilines is 1. The summed E-state index contributed by atoms with van der Waals surface area (Å²) in [5.41, 5.74) is 8.15. The summed E-state index contributed by atoms with van der Waals surface area (Å²) in [5, 5.41) is 0.753. The van der Waals surface area contributed by atoms with Crippen molar-refractivity contribution in [2.24, 2.45) is 5.92 Å². The third-order valence-corrected chi connectivity index (χ3v) is 11.5. The third-order valence-electron chi connectivity index (χ3n) is 11.2. The molecule has 7 nitrogen and oxygen atoms in total. The number of piperidine rings is 1. The Balaban J connectivity index is 0.00000448. The van der Waals surface area contributed by atoms with Crippen LogP contribution in [-0.2, 0) is 15.3 Å². The fourth-order valence-electron chi connectivity index (χ4n) is 7.77. The van der Waals surface area contributed by atoms with E-state index in [1.807, 2.05) is 37.5 Å². The first-order valence-electron chi connectivity index (χ1n) is 18.3. The largest absolute Gasteiger partial charge is 0.445 e. The number of halogens is 1. The van der Waals surface area contributed by atoms with Gasteiger partial charge in [0.2, 0.25) is 0 Å². The van der Waals surface area contributed by atoms with Gasteiger partial charge in [-0.25, -0.2) is 0 Å². The van der Waals surface area contributed by atoms with Crippen LogP contribution in [0.3, 0.4) is 0 Å². The number of fused-ring (bicyclic) bond motifs is 1. The summed E-state index contributed by atoms with van der Waals surface area (Å²) < 4.78 is 19.3. The molecule has 1 aromatic heterocycles. The van der Waals surface area contributed by atoms with Gasteiger partial charge in [-0.1, -0.05) is 53.6 Å². The van der Waals surface area contributed by atoms with Crippen LogP contribution < -0.4 is 14.4 Å². The number of nitrogens with zero attached hydrogens (tertiary/aromatic N) is 3. The average Bonchev–Trinajstić information content (AvgIpc) is 3.42. The molecule has 0 radical (unpaired) electrons. The van der Waals surface area contributed by atoms with Crippen molar-refractivity contribution in [2.75, 3.05) is 37.7 Å². The predicted molar refractivity (Wildman–Crippen MR) is 200 cm³/mol. The molecule has 2 atom stereocenters. The molecule has 3 aromatic rings. The van der Waals surface area contributed by atoms with Crippen LogP contribution >= 0.6 is 11.6 Å². The van der Waals surface area contributed by atoms with Gasteiger partial charge in [-0.3, -0.25) is 9.88 Å². The summed E-state index contributed by atoms with van der Waals surface area (Å²) in [6.07, 6.45) is 13.5. The second-order valence-corrected chi connectivity index (χ2v) is 15.2. The molecule has 4 aliphatic rings. The molecular weight excluding hydrogens is 884 g/mol. The van der Waals surface area contributed by atoms with Crippen molar-refractivity contribution in [1.29, 1.82) is 0 Å². The maximum Gasteiger partial charge on any atom is 0.275 e. The minimum atomic E-state index is -0.941. The van der Waals surface area contributed by atoms with Crippen LogP contribution in [0.15, 0.2) is 59.8 Å². The second kappa shape index (κ2) is 16.2. The molecule has 4 heterocycles. The topological polar surface area (TPSA) is 64.1 Å². The molecule has 0 N–H and O–H groups in total. The van der Waals surface area contributed by atoms with Crippen LogP contribution in [0.2, 0.25) is 5.02 Å². The number of aryl methyl sites for hydroxylation is 1. The molecule has 3 aliphatic heterocycles. The SMILES string of the molecule is CC(C)=C(CN1CCC(c2cccc3c2OC(C)(c2ccc(Cl)c(/C=C\C4CCC4)c2C)O3)CC1)N(CC1CCO1)c1nc([C-]=O)ccc1C.[U]. The van der Waals surface area contributed by atoms with Gasteiger partial charge in [0.15, 0.2) is 11.5 Å². The number of ether oxygens (including phenoxy) is 3. The van der Waals surface area contributed by atoms with Crippen LogP contribution in [-0.4, -0.2) is 55.1 Å². The van der Waals surface area contributed by atoms with Gasteiger partial charge in [-0.15, -0.1) is 6.07 Å². The van der Waals surface area contributed by atoms with Crippen molar-refractivity contribution in [1.82, 2.24) is 9.88 Å². The zero-order valence-electron chi connectivity index (χ0n) is 30.6. The fraction of sp³-hybridized carbons (Fsp3) is 0.476. The molecule has 0 amide bonds. The summed E-state index contributed by atoms with van der Waals surface area (Å²) in [6, 6.07) is 14.0. The van der Waals surface area contributed by atoms with Crippen LogP contribution in [0.4, 0.5) is 5.82 Å². The van der Waals surface area contributed by atoms with E-state index in [1.54, 1.807) is 6.07 Å². The number of aromatic nitrogens is 1. The number of carbonyl (C=O) groups excluding carboxylic acids is 1. The molecule has 2 aromatic carbocycles. The van der Waals surface area contributed by atoms with Crippen LogP contribution in [0.25, 0.3) is 6.08 Å². The quantitative estimate of drug-likeness (QED) is 0.178. The van der Waals surface area contributed by atoms with E-state index in [9.17, 15) is 4.79 Å². The van der Waals surface area contributed by atoms with Gasteiger partial charge >= 0.3 is 0 Å². The van der Waals surface area contributed by atoms with Gasteiger partial charge < -0.3 is 23.9 Å². The van der Waals surface area contributed by atoms with Crippen molar-refractivity contribution in [3.05, 3.63) is 98.3 Å². The summed E-state index contributed by atoms with van der Waals surface area (Å²) >= 11 is 6.71. The summed E-state index contributed by atoms with van der Waals surface area (Å²) in [7, 11) is 0. The first-order chi connectivity index (χ1) is 24.1. The number of pyridine rings is 1. The van der Waals surface area contributed by atoms with Gasteiger partial charge in [0.1, 0.15) is 5.82 Å². The summed E-state index contributed by atoms with van der Waals surface area (Å²) in [5.74, 6) is 2.54. The van der Waals surface area contributed by atoms with Crippen LogP contribution in [0, 0.1) is 50.9 Å². The molecule has 1 saturated carbocycles. The number of para-hydroxylation sites is 1. The van der Waals surface area contributed by atoms with Gasteiger partial charge in [-0.05, 0) is 120 Å². The number of hydrogen-bond donors (Lipinski definition) is 0. The molecule has 2 saturated heterocycles. The first-order valence-corrected chi connectivity index (χ1v) is 18.6. The standard InChI is InChI=1S/C42H49ClN3O4.U/c1-27(2)38(46(24-33-20-23-48-33)41-28(3)12-14-32(26-47)44-41)25-45-21-18-31(19-22-45)35-10-7-11-39-40(35)50-42(5,49-39)36-16-17-37(43)34(29(36)4)15-13-30-8-6-9-30;/h7,10-17,30-31,33H,6,8-9,18-25H2,1-5H3;/q-1;/b15-13-;. The van der Waals surface area contributed by atoms with E-state index >= 15 is 0 Å². The second-order valence-electron chi connectivity index (χ2n) is 14.8. The van der Waals surface area contributed by atoms with Gasteiger partial charge in [0, 0.05) is 79.3 Å². The predicted octanol–water partition coefficient (Wildman–Crippen LogP) is 9.04. The zero-order chi connectivity index (χ0) is 35.0. The molecular formula is C42H49ClN3O4U-. The maximum absolute atomic E-state index is 11.6. The van der Waals surface area contributed by atoms with Gasteiger partial charge in [0.25, 0.3) is 5.79 Å². The maximum atomic E-state index is 11.6. The Hall–Kier alpha value is -2.60. The number of rotatable bonds is 11. The van der Waals surface area contributed by atoms with E-state index in [2.05, 4.69) is 61.8 Å². The Kier molecular flexibility index (Phi) is 12.1. The molecule has 3 fully saturated rings. The molecule has 9 heteroatoms. The Morgan fingerprint density at radius 3 is 2.47 bits per heavy atom. The van der Waals surface area contributed by atoms with E-state index in [-0.39, 0.29) is 37.2 Å². The smallest absolute Gasteiger partial charge is 0.275 e. The van der Waals surface area contributed by atoms with Crippen LogP contribution in [0.1, 0.15) is 98.7 Å². The normalized spacial score (nSPS) is 21.9. The number of hydrogen-bond acceptors (Lipinski definition) is 7. The van der Waals surface area contributed by atoms with Crippen molar-refractivity contribution in [3.63, 3.8) is 0 Å². The number of likely N-dealkylation sites (tertiary alicyclic amines) is 1. The van der Waals surface area contributed by atoms with Crippen LogP contribution in [0.5, 0.6) is 11.5 Å². The van der Waals surface area contributed by atoms with Crippen molar-refractivity contribution in [3.8, 4) is 11.5 Å². The summed E-state index contributed by atoms with van der Waals surface area (Å²) in [6.45, 7) is 14.7. The Morgan fingerprint density at radius 2 is 1.82 bits per heavy atom. The fourth-order valence-corrected chi connectivity index (χ4v) is 8.04. The monoisotopic (exact) mass is 932 g/mol. The van der Waals surface area contributed by atoms with Crippen molar-refractivity contribution in [2.45, 2.75) is 91.0 Å². The number of benzene rings is 2. The van der Waals surface area contributed by atoms with E-state index in [4.69, 9.17) is 30.8 Å². The van der Waals surface area contributed by atoms with Crippen molar-refractivity contribution >= 4 is 29.8 Å². The summed E-state index contributed by atoms with van der Waals surface area (Å²) in [4.78, 5) is 21.1. The minimum absolute atomic E-state index is 0. The first kappa shape index (κ1) is 38.1. The number of allylic oxidation sites excluding steroid dienone is 2. The van der Waals surface area contributed by atoms with E-state index in [1.165, 1.54) is 36.1 Å². The Morgan fingerprint density at radius 1 is 1.06 bits per heavy atom. The molecule has 2 unspecified atom stereocenters. The van der Waals surface area contributed by atoms with Crippen molar-refractivity contribution < 1.29 is 50.1 Å². The molecule has 0 spiro atoms. The molecule has 268 valence electrons. The molecule has 0 bridgehead atoms. The zero-order valence-corrected chi connectivity index (χ0v) is 35.5. The van der Waals surface area contributed by atoms with E-state index in [0.29, 0.717) is 24.1 Å². The Bertz CT molecular complexity index is 1810. The van der Waals surface area contributed by atoms with Gasteiger partial charge in [0.05, 0.1) is 12.6 Å². The van der Waals surface area contributed by atoms with E-state index in [0.717, 1.165) is 90.1 Å². The Labute approximate surface area is 332 Å². The molecule has 1 aliphatic carbocycles. The molecule has 51 heavy (non-hydrogen) atoms. The average molecular weight is 933 g/mol. The van der Waals surface area contributed by atoms with E-state index < -0.39 is 5.79 Å².